The maximum Gasteiger partial charge on any atom is 0.277 e. The monoisotopic (exact) mass is 473 g/mol. The zero-order valence-corrected chi connectivity index (χ0v) is 19.4. The summed E-state index contributed by atoms with van der Waals surface area (Å²) in [5.41, 5.74) is 1.52. The molecule has 0 fully saturated rings. The van der Waals surface area contributed by atoms with E-state index in [-0.39, 0.29) is 35.6 Å². The summed E-state index contributed by atoms with van der Waals surface area (Å²) >= 11 is 1.14. The molecule has 1 unspecified atom stereocenters. The van der Waals surface area contributed by atoms with E-state index in [1.807, 2.05) is 25.1 Å². The number of fused-ring (bicyclic) bond motifs is 1. The number of nitrogens with one attached hydrogen (secondary N) is 1. The molecule has 2 heterocycles. The lowest BCUT2D eigenvalue weighted by molar-refractivity contribution is -0.119. The van der Waals surface area contributed by atoms with E-state index < -0.39 is 0 Å². The second-order valence-electron chi connectivity index (χ2n) is 6.98. The maximum absolute atomic E-state index is 12.4. The summed E-state index contributed by atoms with van der Waals surface area (Å²) in [5, 5.41) is 11.3. The van der Waals surface area contributed by atoms with Crippen LogP contribution in [0.3, 0.4) is 0 Å². The molecule has 10 nitrogen and oxygen atoms in total. The molecule has 174 valence electrons. The minimum absolute atomic E-state index is 0.117. The van der Waals surface area contributed by atoms with E-state index in [4.69, 9.17) is 28.1 Å². The molecule has 11 heteroatoms. The average Bonchev–Trinajstić information content (AvgIpc) is 3.50. The van der Waals surface area contributed by atoms with Gasteiger partial charge in [-0.2, -0.15) is 0 Å². The number of thioether (sulfide) groups is 1. The maximum atomic E-state index is 12.4. The molecule has 1 aromatic heterocycles. The molecule has 0 saturated heterocycles. The van der Waals surface area contributed by atoms with Crippen molar-refractivity contribution in [3.8, 4) is 40.2 Å². The number of benzene rings is 2. The number of carbonyl (C=O) groups is 1. The standard InChI is InChI=1S/C22H23N3O7S/c1-12(13-5-6-15-16(7-13)31-11-30-15)23-19(26)10-33-22-25-24-21(32-22)14-8-17(27-2)20(29-4)18(9-14)28-3/h5-9,12H,10-11H2,1-4H3,(H,23,26). The van der Waals surface area contributed by atoms with E-state index in [1.54, 1.807) is 12.1 Å². The summed E-state index contributed by atoms with van der Waals surface area (Å²) in [5.74, 6) is 2.99. The number of aromatic nitrogens is 2. The largest absolute Gasteiger partial charge is 0.493 e. The van der Waals surface area contributed by atoms with Gasteiger partial charge < -0.3 is 33.4 Å². The van der Waals surface area contributed by atoms with Gasteiger partial charge in [0.1, 0.15) is 0 Å². The highest BCUT2D eigenvalue weighted by Gasteiger charge is 2.19. The lowest BCUT2D eigenvalue weighted by Gasteiger charge is -2.14. The van der Waals surface area contributed by atoms with E-state index in [0.717, 1.165) is 17.3 Å². The molecule has 1 aliphatic rings. The number of ether oxygens (including phenoxy) is 5. The summed E-state index contributed by atoms with van der Waals surface area (Å²) in [4.78, 5) is 12.4. The quantitative estimate of drug-likeness (QED) is 0.463. The Hall–Kier alpha value is -3.60. The van der Waals surface area contributed by atoms with Gasteiger partial charge in [-0.1, -0.05) is 17.8 Å². The highest BCUT2D eigenvalue weighted by molar-refractivity contribution is 7.99. The molecular formula is C22H23N3O7S. The van der Waals surface area contributed by atoms with E-state index in [2.05, 4.69) is 15.5 Å². The molecule has 3 aromatic rings. The van der Waals surface area contributed by atoms with Crippen molar-refractivity contribution < 1.29 is 32.9 Å². The van der Waals surface area contributed by atoms with Crippen LogP contribution >= 0.6 is 11.8 Å². The van der Waals surface area contributed by atoms with Crippen molar-refractivity contribution in [2.45, 2.75) is 18.2 Å². The third-order valence-electron chi connectivity index (χ3n) is 4.92. The number of rotatable bonds is 9. The fourth-order valence-electron chi connectivity index (χ4n) is 3.27. The molecular weight excluding hydrogens is 450 g/mol. The summed E-state index contributed by atoms with van der Waals surface area (Å²) in [7, 11) is 4.58. The third kappa shape index (κ3) is 4.92. The molecule has 4 rings (SSSR count). The van der Waals surface area contributed by atoms with Crippen molar-refractivity contribution in [3.63, 3.8) is 0 Å². The first-order chi connectivity index (χ1) is 16.0. The molecule has 0 saturated carbocycles. The normalized spacial score (nSPS) is 12.8. The number of methoxy groups -OCH3 is 3. The Morgan fingerprint density at radius 1 is 1.06 bits per heavy atom. The van der Waals surface area contributed by atoms with Crippen molar-refractivity contribution in [1.29, 1.82) is 0 Å². The highest BCUT2D eigenvalue weighted by Crippen LogP contribution is 2.41. The Morgan fingerprint density at radius 2 is 1.79 bits per heavy atom. The van der Waals surface area contributed by atoms with Crippen LogP contribution in [-0.4, -0.2) is 50.0 Å². The van der Waals surface area contributed by atoms with Crippen LogP contribution in [0.15, 0.2) is 40.0 Å². The molecule has 1 N–H and O–H groups in total. The number of carbonyl (C=O) groups excluding carboxylic acids is 1. The van der Waals surface area contributed by atoms with Gasteiger partial charge in [0.15, 0.2) is 23.0 Å². The summed E-state index contributed by atoms with van der Waals surface area (Å²) in [6.07, 6.45) is 0. The molecule has 33 heavy (non-hydrogen) atoms. The van der Waals surface area contributed by atoms with Gasteiger partial charge in [-0.3, -0.25) is 4.79 Å². The van der Waals surface area contributed by atoms with Crippen LogP contribution in [0.25, 0.3) is 11.5 Å². The van der Waals surface area contributed by atoms with Crippen LogP contribution in [0.2, 0.25) is 0 Å². The first kappa shape index (κ1) is 22.6. The number of amides is 1. The van der Waals surface area contributed by atoms with E-state index in [0.29, 0.717) is 34.3 Å². The van der Waals surface area contributed by atoms with Crippen LogP contribution in [0.5, 0.6) is 28.7 Å². The molecule has 0 spiro atoms. The van der Waals surface area contributed by atoms with Crippen molar-refractivity contribution in [1.82, 2.24) is 15.5 Å². The predicted molar refractivity (Wildman–Crippen MR) is 119 cm³/mol. The van der Waals surface area contributed by atoms with Gasteiger partial charge in [-0.15, -0.1) is 10.2 Å². The van der Waals surface area contributed by atoms with Crippen molar-refractivity contribution in [2.24, 2.45) is 0 Å². The zero-order valence-electron chi connectivity index (χ0n) is 18.5. The lowest BCUT2D eigenvalue weighted by atomic mass is 10.1. The second kappa shape index (κ2) is 9.90. The molecule has 0 aliphatic carbocycles. The Morgan fingerprint density at radius 3 is 2.48 bits per heavy atom. The van der Waals surface area contributed by atoms with Crippen LogP contribution < -0.4 is 29.0 Å². The number of hydrogen-bond donors (Lipinski definition) is 1. The van der Waals surface area contributed by atoms with Crippen molar-refractivity contribution in [3.05, 3.63) is 35.9 Å². The highest BCUT2D eigenvalue weighted by atomic mass is 32.2. The SMILES string of the molecule is COc1cc(-c2nnc(SCC(=O)NC(C)c3ccc4c(c3)OCO4)o2)cc(OC)c1OC. The fraction of sp³-hybridized carbons (Fsp3) is 0.318. The van der Waals surface area contributed by atoms with Gasteiger partial charge in [0.25, 0.3) is 5.22 Å². The Kier molecular flexibility index (Phi) is 6.78. The van der Waals surface area contributed by atoms with E-state index in [1.165, 1.54) is 21.3 Å². The Balaban J connectivity index is 1.37. The van der Waals surface area contributed by atoms with Crippen LogP contribution in [0.1, 0.15) is 18.5 Å². The summed E-state index contributed by atoms with van der Waals surface area (Å²) < 4.78 is 32.5. The molecule has 0 bridgehead atoms. The fourth-order valence-corrected chi connectivity index (χ4v) is 3.84. The molecule has 1 aliphatic heterocycles. The Bertz CT molecular complexity index is 1130. The molecule has 2 aromatic carbocycles. The molecule has 1 atom stereocenters. The average molecular weight is 474 g/mol. The molecule has 1 amide bonds. The summed E-state index contributed by atoms with van der Waals surface area (Å²) in [6, 6.07) is 8.81. The van der Waals surface area contributed by atoms with Gasteiger partial charge in [0.2, 0.25) is 24.3 Å². The van der Waals surface area contributed by atoms with Crippen LogP contribution in [0.4, 0.5) is 0 Å². The first-order valence-corrected chi connectivity index (χ1v) is 11.0. The van der Waals surface area contributed by atoms with Crippen molar-refractivity contribution >= 4 is 17.7 Å². The number of nitrogens with zero attached hydrogens (tertiary/aromatic N) is 2. The Labute approximate surface area is 194 Å². The lowest BCUT2D eigenvalue weighted by Crippen LogP contribution is -2.28. The predicted octanol–water partition coefficient (Wildman–Crippen LogP) is 3.46. The third-order valence-corrected chi connectivity index (χ3v) is 5.74. The van der Waals surface area contributed by atoms with Gasteiger partial charge in [0.05, 0.1) is 33.1 Å². The minimum atomic E-state index is -0.204. The van der Waals surface area contributed by atoms with E-state index >= 15 is 0 Å². The van der Waals surface area contributed by atoms with Crippen LogP contribution in [0, 0.1) is 0 Å². The number of hydrogen-bond acceptors (Lipinski definition) is 10. The topological polar surface area (TPSA) is 114 Å². The second-order valence-corrected chi connectivity index (χ2v) is 7.90. The van der Waals surface area contributed by atoms with Gasteiger partial charge in [-0.05, 0) is 36.8 Å². The van der Waals surface area contributed by atoms with Gasteiger partial charge >= 0.3 is 0 Å². The summed E-state index contributed by atoms with van der Waals surface area (Å²) in [6.45, 7) is 2.10. The van der Waals surface area contributed by atoms with Crippen molar-refractivity contribution in [2.75, 3.05) is 33.9 Å². The smallest absolute Gasteiger partial charge is 0.277 e. The van der Waals surface area contributed by atoms with Crippen LogP contribution in [-0.2, 0) is 4.79 Å². The molecule has 0 radical (unpaired) electrons. The zero-order chi connectivity index (χ0) is 23.4. The van der Waals surface area contributed by atoms with Gasteiger partial charge in [-0.25, -0.2) is 0 Å². The van der Waals surface area contributed by atoms with E-state index in [9.17, 15) is 4.79 Å². The first-order valence-electron chi connectivity index (χ1n) is 9.98. The minimum Gasteiger partial charge on any atom is -0.493 e. The van der Waals surface area contributed by atoms with Gasteiger partial charge in [0, 0.05) is 5.56 Å².